The van der Waals surface area contributed by atoms with Gasteiger partial charge >= 0.3 is 0 Å². The SMILES string of the molecule is Fc1ccc(CSc2n[nH]c3nc4ccccc4n23)cc1. The Kier molecular flexibility index (Phi) is 2.89. The van der Waals surface area contributed by atoms with E-state index in [0.717, 1.165) is 33.3 Å². The highest BCUT2D eigenvalue weighted by atomic mass is 32.2. The molecule has 0 spiro atoms. The van der Waals surface area contributed by atoms with Gasteiger partial charge in [-0.3, -0.25) is 4.40 Å². The van der Waals surface area contributed by atoms with Crippen LogP contribution >= 0.6 is 11.8 Å². The fraction of sp³-hybridized carbons (Fsp3) is 0.0667. The number of halogens is 1. The van der Waals surface area contributed by atoms with Gasteiger partial charge in [-0.25, -0.2) is 14.5 Å². The molecule has 0 fully saturated rings. The highest BCUT2D eigenvalue weighted by Gasteiger charge is 2.11. The first kappa shape index (κ1) is 12.4. The molecule has 1 N–H and O–H groups in total. The van der Waals surface area contributed by atoms with Gasteiger partial charge < -0.3 is 0 Å². The Hall–Kier alpha value is -2.34. The summed E-state index contributed by atoms with van der Waals surface area (Å²) >= 11 is 1.59. The van der Waals surface area contributed by atoms with Crippen molar-refractivity contribution in [2.45, 2.75) is 10.9 Å². The lowest BCUT2D eigenvalue weighted by Gasteiger charge is -2.00. The van der Waals surface area contributed by atoms with Crippen LogP contribution in [-0.2, 0) is 5.75 Å². The van der Waals surface area contributed by atoms with Crippen LogP contribution in [0.25, 0.3) is 16.8 Å². The minimum Gasteiger partial charge on any atom is -0.254 e. The van der Waals surface area contributed by atoms with Gasteiger partial charge in [-0.05, 0) is 29.8 Å². The minimum atomic E-state index is -0.216. The normalized spacial score (nSPS) is 11.5. The number of thioether (sulfide) groups is 1. The van der Waals surface area contributed by atoms with Gasteiger partial charge in [-0.15, -0.1) is 5.10 Å². The van der Waals surface area contributed by atoms with Gasteiger partial charge in [0.25, 0.3) is 0 Å². The summed E-state index contributed by atoms with van der Waals surface area (Å²) in [5.41, 5.74) is 3.03. The predicted molar refractivity (Wildman–Crippen MR) is 80.8 cm³/mol. The Morgan fingerprint density at radius 2 is 1.90 bits per heavy atom. The maximum atomic E-state index is 12.9. The van der Waals surface area contributed by atoms with Crippen molar-refractivity contribution in [3.63, 3.8) is 0 Å². The average molecular weight is 298 g/mol. The van der Waals surface area contributed by atoms with Crippen LogP contribution in [0.2, 0.25) is 0 Å². The van der Waals surface area contributed by atoms with E-state index in [1.54, 1.807) is 23.9 Å². The average Bonchev–Trinajstić information content (AvgIpc) is 3.06. The van der Waals surface area contributed by atoms with E-state index in [9.17, 15) is 4.39 Å². The molecule has 21 heavy (non-hydrogen) atoms. The molecule has 4 aromatic rings. The largest absolute Gasteiger partial charge is 0.254 e. The number of para-hydroxylation sites is 2. The summed E-state index contributed by atoms with van der Waals surface area (Å²) in [4.78, 5) is 4.48. The number of H-pyrrole nitrogens is 1. The molecule has 0 aliphatic rings. The van der Waals surface area contributed by atoms with E-state index >= 15 is 0 Å². The van der Waals surface area contributed by atoms with Gasteiger partial charge in [0.2, 0.25) is 5.78 Å². The number of rotatable bonds is 3. The van der Waals surface area contributed by atoms with Crippen LogP contribution < -0.4 is 0 Å². The van der Waals surface area contributed by atoms with Crippen molar-refractivity contribution < 1.29 is 4.39 Å². The van der Waals surface area contributed by atoms with E-state index in [0.29, 0.717) is 0 Å². The summed E-state index contributed by atoms with van der Waals surface area (Å²) in [6.07, 6.45) is 0. The maximum absolute atomic E-state index is 12.9. The molecular weight excluding hydrogens is 287 g/mol. The molecule has 0 amide bonds. The fourth-order valence-electron chi connectivity index (χ4n) is 2.27. The van der Waals surface area contributed by atoms with E-state index in [1.165, 1.54) is 12.1 Å². The molecule has 0 saturated carbocycles. The lowest BCUT2D eigenvalue weighted by molar-refractivity contribution is 0.627. The van der Waals surface area contributed by atoms with Crippen molar-refractivity contribution >= 4 is 28.6 Å². The van der Waals surface area contributed by atoms with Gasteiger partial charge in [0.15, 0.2) is 5.16 Å². The van der Waals surface area contributed by atoms with Crippen molar-refractivity contribution in [3.05, 3.63) is 59.9 Å². The molecule has 0 aliphatic heterocycles. The molecule has 2 aromatic heterocycles. The number of imidazole rings is 1. The summed E-state index contributed by atoms with van der Waals surface area (Å²) in [7, 11) is 0. The first-order valence-corrected chi connectivity index (χ1v) is 7.48. The molecule has 0 saturated heterocycles. The van der Waals surface area contributed by atoms with Crippen molar-refractivity contribution in [2.75, 3.05) is 0 Å². The smallest absolute Gasteiger partial charge is 0.231 e. The van der Waals surface area contributed by atoms with E-state index < -0.39 is 0 Å². The number of hydrogen-bond acceptors (Lipinski definition) is 3. The quantitative estimate of drug-likeness (QED) is 0.587. The second-order valence-corrected chi connectivity index (χ2v) is 5.62. The second kappa shape index (κ2) is 4.89. The molecule has 6 heteroatoms. The number of benzene rings is 2. The molecule has 0 unspecified atom stereocenters. The Morgan fingerprint density at radius 1 is 1.10 bits per heavy atom. The monoisotopic (exact) mass is 298 g/mol. The highest BCUT2D eigenvalue weighted by molar-refractivity contribution is 7.98. The lowest BCUT2D eigenvalue weighted by Crippen LogP contribution is -1.87. The molecule has 0 bridgehead atoms. The van der Waals surface area contributed by atoms with Crippen LogP contribution in [-0.4, -0.2) is 19.6 Å². The number of aromatic amines is 1. The Morgan fingerprint density at radius 3 is 2.76 bits per heavy atom. The zero-order valence-corrected chi connectivity index (χ0v) is 11.8. The van der Waals surface area contributed by atoms with Crippen molar-refractivity contribution in [1.82, 2.24) is 19.6 Å². The van der Waals surface area contributed by atoms with Crippen LogP contribution in [0, 0.1) is 5.82 Å². The maximum Gasteiger partial charge on any atom is 0.231 e. The highest BCUT2D eigenvalue weighted by Crippen LogP contribution is 2.25. The summed E-state index contributed by atoms with van der Waals surface area (Å²) < 4.78 is 14.9. The van der Waals surface area contributed by atoms with Crippen LogP contribution in [0.4, 0.5) is 4.39 Å². The number of hydrogen-bond donors (Lipinski definition) is 1. The third-order valence-electron chi connectivity index (χ3n) is 3.28. The third kappa shape index (κ3) is 2.17. The van der Waals surface area contributed by atoms with Crippen molar-refractivity contribution in [2.24, 2.45) is 0 Å². The van der Waals surface area contributed by atoms with Gasteiger partial charge in [0.1, 0.15) is 5.82 Å². The molecule has 0 aliphatic carbocycles. The van der Waals surface area contributed by atoms with E-state index in [1.807, 2.05) is 28.7 Å². The molecule has 4 rings (SSSR count). The van der Waals surface area contributed by atoms with Crippen LogP contribution in [0.1, 0.15) is 5.56 Å². The van der Waals surface area contributed by atoms with E-state index in [4.69, 9.17) is 0 Å². The molecule has 4 nitrogen and oxygen atoms in total. The van der Waals surface area contributed by atoms with Crippen molar-refractivity contribution in [3.8, 4) is 0 Å². The van der Waals surface area contributed by atoms with E-state index in [2.05, 4.69) is 15.2 Å². The summed E-state index contributed by atoms with van der Waals surface area (Å²) in [6, 6.07) is 14.5. The van der Waals surface area contributed by atoms with Gasteiger partial charge in [0, 0.05) is 5.75 Å². The molecule has 2 heterocycles. The lowest BCUT2D eigenvalue weighted by atomic mass is 10.2. The van der Waals surface area contributed by atoms with E-state index in [-0.39, 0.29) is 5.82 Å². The van der Waals surface area contributed by atoms with Crippen LogP contribution in [0.15, 0.2) is 53.7 Å². The summed E-state index contributed by atoms with van der Waals surface area (Å²) in [6.45, 7) is 0. The number of aromatic nitrogens is 4. The molecule has 0 atom stereocenters. The standard InChI is InChI=1S/C15H11FN4S/c16-11-7-5-10(6-8-11)9-21-15-19-18-14-17-12-3-1-2-4-13(12)20(14)15/h1-8H,9H2,(H,17,18). The van der Waals surface area contributed by atoms with Gasteiger partial charge in [0.05, 0.1) is 11.0 Å². The van der Waals surface area contributed by atoms with Gasteiger partial charge in [-0.2, -0.15) is 0 Å². The zero-order valence-electron chi connectivity index (χ0n) is 11.0. The number of nitrogens with one attached hydrogen (secondary N) is 1. The summed E-state index contributed by atoms with van der Waals surface area (Å²) in [5.74, 6) is 1.25. The third-order valence-corrected chi connectivity index (χ3v) is 4.29. The number of nitrogens with zero attached hydrogens (tertiary/aromatic N) is 3. The molecule has 104 valence electrons. The van der Waals surface area contributed by atoms with Crippen LogP contribution in [0.5, 0.6) is 0 Å². The topological polar surface area (TPSA) is 46.0 Å². The summed E-state index contributed by atoms with van der Waals surface area (Å²) in [5, 5.41) is 8.10. The fourth-order valence-corrected chi connectivity index (χ4v) is 3.18. The first-order valence-electron chi connectivity index (χ1n) is 6.50. The first-order chi connectivity index (χ1) is 10.3. The number of fused-ring (bicyclic) bond motifs is 3. The Labute approximate surface area is 124 Å². The predicted octanol–water partition coefficient (Wildman–Crippen LogP) is 3.64. The Balaban J connectivity index is 1.68. The van der Waals surface area contributed by atoms with Gasteiger partial charge in [-0.1, -0.05) is 36.0 Å². The zero-order chi connectivity index (χ0) is 14.2. The molecule has 0 radical (unpaired) electrons. The second-order valence-electron chi connectivity index (χ2n) is 4.68. The molecule has 2 aromatic carbocycles. The molecular formula is C15H11FN4S. The van der Waals surface area contributed by atoms with Crippen LogP contribution in [0.3, 0.4) is 0 Å². The van der Waals surface area contributed by atoms with Crippen molar-refractivity contribution in [1.29, 1.82) is 0 Å². The Bertz CT molecular complexity index is 910. The minimum absolute atomic E-state index is 0.216.